The lowest BCUT2D eigenvalue weighted by Crippen LogP contribution is -2.26. The molecule has 3 aromatic rings. The van der Waals surface area contributed by atoms with E-state index in [0.29, 0.717) is 15.9 Å². The Bertz CT molecular complexity index is 884. The van der Waals surface area contributed by atoms with Crippen molar-refractivity contribution >= 4 is 21.4 Å². The fraction of sp³-hybridized carbons (Fsp3) is 0.200. The van der Waals surface area contributed by atoms with Crippen molar-refractivity contribution in [3.05, 3.63) is 53.2 Å². The lowest BCUT2D eigenvalue weighted by molar-refractivity contribution is 0.402. The predicted octanol–water partition coefficient (Wildman–Crippen LogP) is 2.93. The average Bonchev–Trinajstić information content (AvgIpc) is 3.19. The first-order valence-corrected chi connectivity index (χ1v) is 9.18. The summed E-state index contributed by atoms with van der Waals surface area (Å²) >= 11 is 1.18. The third-order valence-electron chi connectivity index (χ3n) is 3.29. The van der Waals surface area contributed by atoms with E-state index in [1.54, 1.807) is 17.5 Å². The first kappa shape index (κ1) is 15.9. The number of thiophene rings is 1. The van der Waals surface area contributed by atoms with Gasteiger partial charge in [0.15, 0.2) is 5.82 Å². The summed E-state index contributed by atoms with van der Waals surface area (Å²) in [6.07, 6.45) is 0. The third-order valence-corrected chi connectivity index (χ3v) is 6.47. The molecule has 2 aromatic heterocycles. The van der Waals surface area contributed by atoms with Crippen molar-refractivity contribution in [2.75, 3.05) is 7.05 Å². The van der Waals surface area contributed by atoms with Gasteiger partial charge in [-0.2, -0.15) is 9.29 Å². The van der Waals surface area contributed by atoms with Crippen LogP contribution in [0.2, 0.25) is 0 Å². The van der Waals surface area contributed by atoms with Crippen LogP contribution in [0.5, 0.6) is 0 Å². The van der Waals surface area contributed by atoms with E-state index in [0.717, 1.165) is 11.1 Å². The summed E-state index contributed by atoms with van der Waals surface area (Å²) < 4.78 is 31.4. The van der Waals surface area contributed by atoms with Gasteiger partial charge in [0.1, 0.15) is 4.21 Å². The maximum absolute atomic E-state index is 12.4. The van der Waals surface area contributed by atoms with Gasteiger partial charge < -0.3 is 4.52 Å². The largest absolute Gasteiger partial charge is 0.334 e. The van der Waals surface area contributed by atoms with Crippen LogP contribution in [0.4, 0.5) is 0 Å². The SMILES string of the molecule is Cc1ccc(-c2nc(CN(C)S(=O)(=O)c3cccs3)no2)cc1. The van der Waals surface area contributed by atoms with Gasteiger partial charge in [-0.05, 0) is 30.5 Å². The molecule has 0 spiro atoms. The zero-order chi connectivity index (χ0) is 16.4. The Morgan fingerprint density at radius 3 is 2.61 bits per heavy atom. The Kier molecular flexibility index (Phi) is 4.29. The Morgan fingerprint density at radius 1 is 1.22 bits per heavy atom. The highest BCUT2D eigenvalue weighted by molar-refractivity contribution is 7.91. The van der Waals surface area contributed by atoms with Gasteiger partial charge in [-0.15, -0.1) is 11.3 Å². The molecule has 8 heteroatoms. The summed E-state index contributed by atoms with van der Waals surface area (Å²) in [6, 6.07) is 11.0. The fourth-order valence-electron chi connectivity index (χ4n) is 1.98. The molecule has 1 aromatic carbocycles. The molecule has 0 amide bonds. The molecule has 0 aliphatic heterocycles. The standard InChI is InChI=1S/C15H15N3O3S2/c1-11-5-7-12(8-6-11)15-16-13(17-21-15)10-18(2)23(19,20)14-4-3-9-22-14/h3-9H,10H2,1-2H3. The molecule has 0 aliphatic carbocycles. The van der Waals surface area contributed by atoms with Crippen molar-refractivity contribution < 1.29 is 12.9 Å². The van der Waals surface area contributed by atoms with Crippen molar-refractivity contribution in [3.63, 3.8) is 0 Å². The minimum absolute atomic E-state index is 0.0512. The summed E-state index contributed by atoms with van der Waals surface area (Å²) in [5, 5.41) is 5.59. The van der Waals surface area contributed by atoms with Gasteiger partial charge in [0.2, 0.25) is 0 Å². The summed E-state index contributed by atoms with van der Waals surface area (Å²) in [7, 11) is -2.03. The first-order chi connectivity index (χ1) is 11.0. The summed E-state index contributed by atoms with van der Waals surface area (Å²) in [5.41, 5.74) is 1.94. The quantitative estimate of drug-likeness (QED) is 0.708. The van der Waals surface area contributed by atoms with E-state index in [-0.39, 0.29) is 6.54 Å². The van der Waals surface area contributed by atoms with Crippen LogP contribution in [0.25, 0.3) is 11.5 Å². The summed E-state index contributed by atoms with van der Waals surface area (Å²) in [4.78, 5) is 4.26. The van der Waals surface area contributed by atoms with Crippen LogP contribution < -0.4 is 0 Å². The minimum atomic E-state index is -3.52. The Morgan fingerprint density at radius 2 is 1.96 bits per heavy atom. The van der Waals surface area contributed by atoms with E-state index >= 15 is 0 Å². The lowest BCUT2D eigenvalue weighted by Gasteiger charge is -2.13. The molecule has 120 valence electrons. The average molecular weight is 349 g/mol. The maximum atomic E-state index is 12.4. The molecule has 0 saturated carbocycles. The topological polar surface area (TPSA) is 76.3 Å². The van der Waals surface area contributed by atoms with Crippen LogP contribution in [0.15, 0.2) is 50.5 Å². The van der Waals surface area contributed by atoms with Gasteiger partial charge >= 0.3 is 0 Å². The van der Waals surface area contributed by atoms with Gasteiger partial charge in [0, 0.05) is 12.6 Å². The Labute approximate surface area is 138 Å². The van der Waals surface area contributed by atoms with Crippen LogP contribution in [-0.2, 0) is 16.6 Å². The maximum Gasteiger partial charge on any atom is 0.257 e. The molecule has 0 bridgehead atoms. The monoisotopic (exact) mass is 349 g/mol. The highest BCUT2D eigenvalue weighted by Gasteiger charge is 2.23. The molecule has 0 radical (unpaired) electrons. The molecule has 0 saturated heterocycles. The Hall–Kier alpha value is -2.03. The van der Waals surface area contributed by atoms with E-state index in [9.17, 15) is 8.42 Å². The van der Waals surface area contributed by atoms with Gasteiger partial charge in [-0.1, -0.05) is 28.9 Å². The first-order valence-electron chi connectivity index (χ1n) is 6.86. The number of sulfonamides is 1. The van der Waals surface area contributed by atoms with Gasteiger partial charge in [-0.25, -0.2) is 8.42 Å². The van der Waals surface area contributed by atoms with E-state index in [2.05, 4.69) is 10.1 Å². The van der Waals surface area contributed by atoms with Crippen molar-refractivity contribution in [1.82, 2.24) is 14.4 Å². The van der Waals surface area contributed by atoms with Crippen LogP contribution in [0.3, 0.4) is 0 Å². The van der Waals surface area contributed by atoms with Crippen LogP contribution in [-0.4, -0.2) is 29.9 Å². The second-order valence-corrected chi connectivity index (χ2v) is 8.29. The lowest BCUT2D eigenvalue weighted by atomic mass is 10.1. The van der Waals surface area contributed by atoms with Crippen LogP contribution in [0, 0.1) is 6.92 Å². The van der Waals surface area contributed by atoms with E-state index < -0.39 is 10.0 Å². The van der Waals surface area contributed by atoms with Gasteiger partial charge in [0.05, 0.1) is 6.54 Å². The molecular weight excluding hydrogens is 334 g/mol. The molecule has 0 aliphatic rings. The number of rotatable bonds is 5. The number of hydrogen-bond donors (Lipinski definition) is 0. The second-order valence-electron chi connectivity index (χ2n) is 5.07. The molecule has 23 heavy (non-hydrogen) atoms. The fourth-order valence-corrected chi connectivity index (χ4v) is 4.31. The molecule has 0 N–H and O–H groups in total. The smallest absolute Gasteiger partial charge is 0.257 e. The van der Waals surface area contributed by atoms with Crippen molar-refractivity contribution in [3.8, 4) is 11.5 Å². The van der Waals surface area contributed by atoms with Gasteiger partial charge in [0.25, 0.3) is 15.9 Å². The minimum Gasteiger partial charge on any atom is -0.334 e. The number of nitrogens with zero attached hydrogens (tertiary/aromatic N) is 3. The molecule has 6 nitrogen and oxygen atoms in total. The van der Waals surface area contributed by atoms with E-state index in [1.807, 2.05) is 31.2 Å². The molecule has 2 heterocycles. The normalized spacial score (nSPS) is 12.0. The zero-order valence-corrected chi connectivity index (χ0v) is 14.3. The third kappa shape index (κ3) is 3.34. The van der Waals surface area contributed by atoms with Crippen molar-refractivity contribution in [1.29, 1.82) is 0 Å². The Balaban J connectivity index is 1.78. The predicted molar refractivity (Wildman–Crippen MR) is 87.4 cm³/mol. The second kappa shape index (κ2) is 6.23. The van der Waals surface area contributed by atoms with Gasteiger partial charge in [-0.3, -0.25) is 0 Å². The number of hydrogen-bond acceptors (Lipinski definition) is 6. The molecule has 0 atom stereocenters. The zero-order valence-electron chi connectivity index (χ0n) is 12.6. The van der Waals surface area contributed by atoms with E-state index in [4.69, 9.17) is 4.52 Å². The molecule has 3 rings (SSSR count). The van der Waals surface area contributed by atoms with Crippen LogP contribution >= 0.6 is 11.3 Å². The van der Waals surface area contributed by atoms with Crippen molar-refractivity contribution in [2.45, 2.75) is 17.7 Å². The summed E-state index contributed by atoms with van der Waals surface area (Å²) in [5.74, 6) is 0.699. The molecular formula is C15H15N3O3S2. The number of aryl methyl sites for hydroxylation is 1. The number of aromatic nitrogens is 2. The van der Waals surface area contributed by atoms with Crippen LogP contribution in [0.1, 0.15) is 11.4 Å². The van der Waals surface area contributed by atoms with Crippen molar-refractivity contribution in [2.24, 2.45) is 0 Å². The highest BCUT2D eigenvalue weighted by atomic mass is 32.2. The highest BCUT2D eigenvalue weighted by Crippen LogP contribution is 2.22. The molecule has 0 fully saturated rings. The molecule has 0 unspecified atom stereocenters. The number of benzene rings is 1. The summed E-state index contributed by atoms with van der Waals surface area (Å²) in [6.45, 7) is 2.04. The van der Waals surface area contributed by atoms with E-state index in [1.165, 1.54) is 22.7 Å².